The van der Waals surface area contributed by atoms with Gasteiger partial charge in [0.15, 0.2) is 0 Å². The van der Waals surface area contributed by atoms with Crippen LogP contribution in [0.1, 0.15) is 31.2 Å². The number of nitrogens with zero attached hydrogens (tertiary/aromatic N) is 2. The van der Waals surface area contributed by atoms with Gasteiger partial charge in [-0.25, -0.2) is 0 Å². The molecule has 6 heteroatoms. The summed E-state index contributed by atoms with van der Waals surface area (Å²) in [6.45, 7) is 3.29. The minimum atomic E-state index is -0.347. The molecule has 2 amide bonds. The van der Waals surface area contributed by atoms with Crippen LogP contribution in [0.3, 0.4) is 0 Å². The molecule has 0 radical (unpaired) electrons. The van der Waals surface area contributed by atoms with Gasteiger partial charge in [-0.05, 0) is 37.3 Å². The molecular formula is C22H29N3O3. The van der Waals surface area contributed by atoms with Gasteiger partial charge in [-0.3, -0.25) is 9.59 Å². The number of carbonyl (C=O) groups excluding carboxylic acids is 2. The first-order chi connectivity index (χ1) is 13.6. The van der Waals surface area contributed by atoms with Crippen LogP contribution in [0.15, 0.2) is 30.5 Å². The van der Waals surface area contributed by atoms with Crippen molar-refractivity contribution in [1.82, 2.24) is 14.8 Å². The first-order valence-electron chi connectivity index (χ1n) is 10.2. The molecule has 2 aliphatic heterocycles. The Kier molecular flexibility index (Phi) is 5.40. The number of aromatic nitrogens is 1. The second-order valence-corrected chi connectivity index (χ2v) is 8.09. The SMILES string of the molecule is COCCN1CCC2(CCN(C(=O)CCCc3c[nH]c4ccccc34)C2)C1=O. The van der Waals surface area contributed by atoms with Crippen LogP contribution in [0.25, 0.3) is 10.9 Å². The molecule has 3 heterocycles. The molecule has 2 aliphatic rings. The van der Waals surface area contributed by atoms with Crippen molar-refractivity contribution in [2.24, 2.45) is 5.41 Å². The quantitative estimate of drug-likeness (QED) is 0.799. The molecular weight excluding hydrogens is 354 g/mol. The van der Waals surface area contributed by atoms with Crippen molar-refractivity contribution in [3.63, 3.8) is 0 Å². The smallest absolute Gasteiger partial charge is 0.230 e. The summed E-state index contributed by atoms with van der Waals surface area (Å²) in [7, 11) is 1.66. The summed E-state index contributed by atoms with van der Waals surface area (Å²) in [5.41, 5.74) is 2.06. The molecule has 2 fully saturated rings. The fourth-order valence-corrected chi connectivity index (χ4v) is 4.70. The number of hydrogen-bond donors (Lipinski definition) is 1. The lowest BCUT2D eigenvalue weighted by atomic mass is 9.85. The highest BCUT2D eigenvalue weighted by Crippen LogP contribution is 2.40. The number of rotatable bonds is 7. The number of para-hydroxylation sites is 1. The molecule has 150 valence electrons. The van der Waals surface area contributed by atoms with Crippen molar-refractivity contribution in [1.29, 1.82) is 0 Å². The molecule has 6 nitrogen and oxygen atoms in total. The van der Waals surface area contributed by atoms with Crippen LogP contribution >= 0.6 is 0 Å². The number of benzene rings is 1. The second kappa shape index (κ2) is 7.95. The number of amides is 2. The summed E-state index contributed by atoms with van der Waals surface area (Å²) in [6, 6.07) is 8.26. The average molecular weight is 383 g/mol. The van der Waals surface area contributed by atoms with Gasteiger partial charge >= 0.3 is 0 Å². The van der Waals surface area contributed by atoms with Gasteiger partial charge in [-0.1, -0.05) is 18.2 Å². The van der Waals surface area contributed by atoms with E-state index in [4.69, 9.17) is 4.74 Å². The fraction of sp³-hybridized carbons (Fsp3) is 0.545. The summed E-state index contributed by atoms with van der Waals surface area (Å²) in [6.07, 6.45) is 5.96. The number of H-pyrrole nitrogens is 1. The summed E-state index contributed by atoms with van der Waals surface area (Å²) in [5.74, 6) is 0.388. The summed E-state index contributed by atoms with van der Waals surface area (Å²) in [4.78, 5) is 32.6. The predicted molar refractivity (Wildman–Crippen MR) is 108 cm³/mol. The van der Waals surface area contributed by atoms with Crippen molar-refractivity contribution < 1.29 is 14.3 Å². The number of carbonyl (C=O) groups is 2. The van der Waals surface area contributed by atoms with E-state index < -0.39 is 0 Å². The minimum absolute atomic E-state index is 0.180. The number of nitrogens with one attached hydrogen (secondary N) is 1. The highest BCUT2D eigenvalue weighted by Gasteiger charge is 2.51. The van der Waals surface area contributed by atoms with E-state index in [1.165, 1.54) is 10.9 Å². The van der Waals surface area contributed by atoms with Gasteiger partial charge in [0.25, 0.3) is 0 Å². The molecule has 2 saturated heterocycles. The normalized spacial score (nSPS) is 22.1. The number of likely N-dealkylation sites (tertiary alicyclic amines) is 2. The largest absolute Gasteiger partial charge is 0.383 e. The molecule has 0 aliphatic carbocycles. The maximum absolute atomic E-state index is 12.8. The maximum Gasteiger partial charge on any atom is 0.230 e. The molecule has 1 spiro atoms. The fourth-order valence-electron chi connectivity index (χ4n) is 4.70. The standard InChI is InChI=1S/C22H29N3O3/c1-28-14-13-24-11-9-22(21(24)27)10-12-25(16-22)20(26)8-4-5-17-15-23-19-7-3-2-6-18(17)19/h2-3,6-7,15,23H,4-5,8-14,16H2,1H3. The van der Waals surface area contributed by atoms with Crippen LogP contribution in [-0.2, 0) is 20.7 Å². The van der Waals surface area contributed by atoms with Crippen LogP contribution in [-0.4, -0.2) is 66.5 Å². The Hall–Kier alpha value is -2.34. The second-order valence-electron chi connectivity index (χ2n) is 8.09. The third-order valence-corrected chi connectivity index (χ3v) is 6.38. The van der Waals surface area contributed by atoms with E-state index in [1.54, 1.807) is 7.11 Å². The Morgan fingerprint density at radius 3 is 2.93 bits per heavy atom. The molecule has 4 rings (SSSR count). The maximum atomic E-state index is 12.8. The lowest BCUT2D eigenvalue weighted by molar-refractivity contribution is -0.137. The summed E-state index contributed by atoms with van der Waals surface area (Å²) in [5, 5.41) is 1.24. The zero-order chi connectivity index (χ0) is 19.6. The summed E-state index contributed by atoms with van der Waals surface area (Å²) >= 11 is 0. The number of methoxy groups -OCH3 is 1. The van der Waals surface area contributed by atoms with Crippen molar-refractivity contribution in [3.05, 3.63) is 36.0 Å². The van der Waals surface area contributed by atoms with Crippen LogP contribution < -0.4 is 0 Å². The highest BCUT2D eigenvalue weighted by atomic mass is 16.5. The van der Waals surface area contributed by atoms with Gasteiger partial charge in [-0.15, -0.1) is 0 Å². The molecule has 1 aromatic heterocycles. The Balaban J connectivity index is 1.29. The van der Waals surface area contributed by atoms with Gasteiger partial charge < -0.3 is 19.5 Å². The van der Waals surface area contributed by atoms with Crippen LogP contribution in [0.4, 0.5) is 0 Å². The summed E-state index contributed by atoms with van der Waals surface area (Å²) < 4.78 is 5.10. The lowest BCUT2D eigenvalue weighted by Gasteiger charge is -2.23. The van der Waals surface area contributed by atoms with E-state index in [9.17, 15) is 9.59 Å². The lowest BCUT2D eigenvalue weighted by Crippen LogP contribution is -2.39. The van der Waals surface area contributed by atoms with E-state index in [0.29, 0.717) is 32.7 Å². The van der Waals surface area contributed by atoms with Crippen LogP contribution in [0.5, 0.6) is 0 Å². The number of hydrogen-bond acceptors (Lipinski definition) is 3. The van der Waals surface area contributed by atoms with Gasteiger partial charge in [0.05, 0.1) is 12.0 Å². The van der Waals surface area contributed by atoms with E-state index >= 15 is 0 Å². The van der Waals surface area contributed by atoms with Crippen molar-refractivity contribution in [2.45, 2.75) is 32.1 Å². The Bertz CT molecular complexity index is 862. The predicted octanol–water partition coefficient (Wildman–Crippen LogP) is 2.59. The first-order valence-corrected chi connectivity index (χ1v) is 10.2. The molecule has 1 atom stereocenters. The minimum Gasteiger partial charge on any atom is -0.383 e. The van der Waals surface area contributed by atoms with E-state index in [1.807, 2.05) is 28.1 Å². The number of aryl methyl sites for hydroxylation is 1. The third-order valence-electron chi connectivity index (χ3n) is 6.38. The Morgan fingerprint density at radius 1 is 1.25 bits per heavy atom. The van der Waals surface area contributed by atoms with E-state index in [-0.39, 0.29) is 17.2 Å². The van der Waals surface area contributed by atoms with E-state index in [2.05, 4.69) is 17.1 Å². The van der Waals surface area contributed by atoms with Gasteiger partial charge in [0.1, 0.15) is 0 Å². The zero-order valence-corrected chi connectivity index (χ0v) is 16.6. The van der Waals surface area contributed by atoms with Gasteiger partial charge in [-0.2, -0.15) is 0 Å². The van der Waals surface area contributed by atoms with Crippen molar-refractivity contribution in [3.8, 4) is 0 Å². The Labute approximate surface area is 165 Å². The molecule has 1 N–H and O–H groups in total. The van der Waals surface area contributed by atoms with Gasteiger partial charge in [0, 0.05) is 56.8 Å². The highest BCUT2D eigenvalue weighted by molar-refractivity contribution is 5.87. The molecule has 0 saturated carbocycles. The van der Waals surface area contributed by atoms with Crippen LogP contribution in [0, 0.1) is 5.41 Å². The van der Waals surface area contributed by atoms with E-state index in [0.717, 1.165) is 37.7 Å². The molecule has 2 aromatic rings. The molecule has 1 aromatic carbocycles. The Morgan fingerprint density at radius 2 is 2.07 bits per heavy atom. The van der Waals surface area contributed by atoms with Crippen molar-refractivity contribution in [2.75, 3.05) is 39.9 Å². The molecule has 1 unspecified atom stereocenters. The molecule has 28 heavy (non-hydrogen) atoms. The first kappa shape index (κ1) is 19.0. The molecule has 0 bridgehead atoms. The average Bonchev–Trinajstić information content (AvgIpc) is 3.40. The van der Waals surface area contributed by atoms with Gasteiger partial charge in [0.2, 0.25) is 11.8 Å². The number of ether oxygens (including phenoxy) is 1. The third kappa shape index (κ3) is 3.53. The van der Waals surface area contributed by atoms with Crippen molar-refractivity contribution >= 4 is 22.7 Å². The number of aromatic amines is 1. The zero-order valence-electron chi connectivity index (χ0n) is 16.6. The van der Waals surface area contributed by atoms with Crippen LogP contribution in [0.2, 0.25) is 0 Å². The monoisotopic (exact) mass is 383 g/mol. The number of fused-ring (bicyclic) bond motifs is 1. The topological polar surface area (TPSA) is 65.6 Å².